The fourth-order valence-electron chi connectivity index (χ4n) is 3.43. The summed E-state index contributed by atoms with van der Waals surface area (Å²) in [6.07, 6.45) is 1.74. The van der Waals surface area contributed by atoms with Gasteiger partial charge in [-0.05, 0) is 42.2 Å². The maximum atomic E-state index is 13.3. The van der Waals surface area contributed by atoms with Crippen LogP contribution < -0.4 is 9.62 Å². The molecular weight excluding hydrogens is 444 g/mol. The number of nitrogens with one attached hydrogen (secondary N) is 1. The molecule has 0 heterocycles. The van der Waals surface area contributed by atoms with Crippen LogP contribution in [0.25, 0.3) is 0 Å². The highest BCUT2D eigenvalue weighted by atomic mass is 35.5. The second-order valence-corrected chi connectivity index (χ2v) is 9.81. The summed E-state index contributed by atoms with van der Waals surface area (Å²) in [6, 6.07) is 24.8. The first kappa shape index (κ1) is 23.8. The lowest BCUT2D eigenvalue weighted by atomic mass is 9.97. The average molecular weight is 471 g/mol. The van der Waals surface area contributed by atoms with Crippen LogP contribution in [0, 0.1) is 5.92 Å². The van der Waals surface area contributed by atoms with Crippen molar-refractivity contribution in [3.05, 3.63) is 95.5 Å². The molecule has 0 spiro atoms. The van der Waals surface area contributed by atoms with E-state index < -0.39 is 10.0 Å². The Morgan fingerprint density at radius 2 is 1.53 bits per heavy atom. The third-order valence-electron chi connectivity index (χ3n) is 5.27. The number of nitrogens with zero attached hydrogens (tertiary/aromatic N) is 1. The van der Waals surface area contributed by atoms with E-state index in [2.05, 4.69) is 24.4 Å². The van der Waals surface area contributed by atoms with Gasteiger partial charge in [0.05, 0.1) is 15.6 Å². The Labute approximate surface area is 195 Å². The van der Waals surface area contributed by atoms with Crippen molar-refractivity contribution in [1.82, 2.24) is 5.32 Å². The van der Waals surface area contributed by atoms with Crippen LogP contribution in [-0.2, 0) is 21.2 Å². The minimum atomic E-state index is -3.98. The number of carbonyl (C=O) groups excluding carboxylic acids is 1. The monoisotopic (exact) mass is 470 g/mol. The van der Waals surface area contributed by atoms with Gasteiger partial charge in [-0.15, -0.1) is 0 Å². The Morgan fingerprint density at radius 1 is 0.938 bits per heavy atom. The molecule has 3 aromatic rings. The van der Waals surface area contributed by atoms with E-state index in [-0.39, 0.29) is 34.0 Å². The van der Waals surface area contributed by atoms with Gasteiger partial charge in [-0.3, -0.25) is 9.10 Å². The van der Waals surface area contributed by atoms with Crippen LogP contribution in [0.3, 0.4) is 0 Å². The molecule has 0 aliphatic heterocycles. The van der Waals surface area contributed by atoms with Crippen molar-refractivity contribution in [3.63, 3.8) is 0 Å². The first-order chi connectivity index (χ1) is 15.4. The fourth-order valence-corrected chi connectivity index (χ4v) is 5.17. The van der Waals surface area contributed by atoms with Crippen molar-refractivity contribution < 1.29 is 13.2 Å². The van der Waals surface area contributed by atoms with Crippen LogP contribution in [0.2, 0.25) is 5.02 Å². The van der Waals surface area contributed by atoms with Crippen molar-refractivity contribution in [1.29, 1.82) is 0 Å². The highest BCUT2D eigenvalue weighted by molar-refractivity contribution is 7.92. The summed E-state index contributed by atoms with van der Waals surface area (Å²) in [5, 5.41) is 3.17. The zero-order valence-corrected chi connectivity index (χ0v) is 19.5. The summed E-state index contributed by atoms with van der Waals surface area (Å²) < 4.78 is 27.8. The lowest BCUT2D eigenvalue weighted by Crippen LogP contribution is -2.42. The third-order valence-corrected chi connectivity index (χ3v) is 7.37. The van der Waals surface area contributed by atoms with Gasteiger partial charge in [-0.25, -0.2) is 8.42 Å². The summed E-state index contributed by atoms with van der Waals surface area (Å²) in [4.78, 5) is 12.9. The largest absolute Gasteiger partial charge is 0.354 e. The van der Waals surface area contributed by atoms with Gasteiger partial charge in [0.15, 0.2) is 0 Å². The molecule has 7 heteroatoms. The van der Waals surface area contributed by atoms with Crippen LogP contribution in [0.1, 0.15) is 18.9 Å². The smallest absolute Gasteiger partial charge is 0.264 e. The minimum Gasteiger partial charge on any atom is -0.354 e. The van der Waals surface area contributed by atoms with Gasteiger partial charge in [0.25, 0.3) is 10.0 Å². The van der Waals surface area contributed by atoms with Gasteiger partial charge in [-0.2, -0.15) is 0 Å². The fraction of sp³-hybridized carbons (Fsp3) is 0.240. The molecular formula is C25H27ClN2O3S. The maximum Gasteiger partial charge on any atom is 0.264 e. The SMILES string of the molecule is CCC(CNC(=O)CN(c1ccccc1Cl)S(=O)(=O)c1ccccc1)Cc1ccccc1. The molecule has 0 aromatic heterocycles. The highest BCUT2D eigenvalue weighted by Gasteiger charge is 2.28. The maximum absolute atomic E-state index is 13.3. The van der Waals surface area contributed by atoms with Crippen molar-refractivity contribution >= 4 is 33.2 Å². The van der Waals surface area contributed by atoms with Crippen LogP contribution >= 0.6 is 11.6 Å². The van der Waals surface area contributed by atoms with Crippen molar-refractivity contribution in [2.45, 2.75) is 24.7 Å². The topological polar surface area (TPSA) is 66.5 Å². The van der Waals surface area contributed by atoms with Crippen molar-refractivity contribution in [2.24, 2.45) is 5.92 Å². The molecule has 3 rings (SSSR count). The van der Waals surface area contributed by atoms with Gasteiger partial charge in [-0.1, -0.05) is 85.6 Å². The van der Waals surface area contributed by atoms with E-state index in [9.17, 15) is 13.2 Å². The van der Waals surface area contributed by atoms with Gasteiger partial charge in [0, 0.05) is 6.54 Å². The van der Waals surface area contributed by atoms with Crippen LogP contribution in [0.5, 0.6) is 0 Å². The van der Waals surface area contributed by atoms with Crippen LogP contribution in [0.15, 0.2) is 89.8 Å². The van der Waals surface area contributed by atoms with Gasteiger partial charge in [0.2, 0.25) is 5.91 Å². The van der Waals surface area contributed by atoms with E-state index >= 15 is 0 Å². The summed E-state index contributed by atoms with van der Waals surface area (Å²) in [7, 11) is -3.98. The van der Waals surface area contributed by atoms with Gasteiger partial charge >= 0.3 is 0 Å². The van der Waals surface area contributed by atoms with E-state index in [1.54, 1.807) is 42.5 Å². The second kappa shape index (κ2) is 11.2. The normalized spacial score (nSPS) is 12.2. The molecule has 168 valence electrons. The number of rotatable bonds is 10. The molecule has 0 aliphatic rings. The number of para-hydroxylation sites is 1. The Balaban J connectivity index is 1.76. The number of halogens is 1. The third kappa shape index (κ3) is 6.11. The summed E-state index contributed by atoms with van der Waals surface area (Å²) in [5.41, 5.74) is 1.47. The van der Waals surface area contributed by atoms with E-state index in [0.717, 1.165) is 17.1 Å². The highest BCUT2D eigenvalue weighted by Crippen LogP contribution is 2.30. The molecule has 1 amide bonds. The van der Waals surface area contributed by atoms with Gasteiger partial charge in [0.1, 0.15) is 6.54 Å². The Bertz CT molecular complexity index is 1120. The number of amides is 1. The van der Waals surface area contributed by atoms with Crippen LogP contribution in [0.4, 0.5) is 5.69 Å². The Morgan fingerprint density at radius 3 is 2.16 bits per heavy atom. The van der Waals surface area contributed by atoms with E-state index in [0.29, 0.717) is 6.54 Å². The Kier molecular flexibility index (Phi) is 8.31. The number of sulfonamides is 1. The molecule has 0 aliphatic carbocycles. The molecule has 0 saturated carbocycles. The predicted molar refractivity (Wildman–Crippen MR) is 129 cm³/mol. The van der Waals surface area contributed by atoms with Crippen molar-refractivity contribution in [2.75, 3.05) is 17.4 Å². The number of hydrogen-bond acceptors (Lipinski definition) is 3. The minimum absolute atomic E-state index is 0.100. The van der Waals surface area contributed by atoms with E-state index in [4.69, 9.17) is 11.6 Å². The molecule has 0 saturated heterocycles. The first-order valence-electron chi connectivity index (χ1n) is 10.5. The van der Waals surface area contributed by atoms with E-state index in [1.165, 1.54) is 17.7 Å². The number of hydrogen-bond donors (Lipinski definition) is 1. The summed E-state index contributed by atoms with van der Waals surface area (Å²) in [6.45, 7) is 2.18. The van der Waals surface area contributed by atoms with Crippen molar-refractivity contribution in [3.8, 4) is 0 Å². The number of benzene rings is 3. The quantitative estimate of drug-likeness (QED) is 0.457. The second-order valence-electron chi connectivity index (χ2n) is 7.54. The molecule has 0 fully saturated rings. The molecule has 3 aromatic carbocycles. The predicted octanol–water partition coefficient (Wildman–Crippen LogP) is 4.92. The molecule has 0 bridgehead atoms. The molecule has 32 heavy (non-hydrogen) atoms. The molecule has 1 N–H and O–H groups in total. The lowest BCUT2D eigenvalue weighted by Gasteiger charge is -2.25. The molecule has 1 atom stereocenters. The summed E-state index contributed by atoms with van der Waals surface area (Å²) in [5.74, 6) is -0.128. The number of carbonyl (C=O) groups is 1. The number of anilines is 1. The van der Waals surface area contributed by atoms with Gasteiger partial charge < -0.3 is 5.32 Å². The van der Waals surface area contributed by atoms with Crippen LogP contribution in [-0.4, -0.2) is 27.4 Å². The van der Waals surface area contributed by atoms with E-state index in [1.807, 2.05) is 18.2 Å². The molecule has 1 unspecified atom stereocenters. The standard InChI is InChI=1S/C25H27ClN2O3S/c1-2-20(17-21-11-5-3-6-12-21)18-27-25(29)19-28(24-16-10-9-15-23(24)26)32(30,31)22-13-7-4-8-14-22/h3-16,20H,2,17-19H2,1H3,(H,27,29). The Hall–Kier alpha value is -2.83. The average Bonchev–Trinajstić information content (AvgIpc) is 2.82. The summed E-state index contributed by atoms with van der Waals surface area (Å²) >= 11 is 6.30. The molecule has 0 radical (unpaired) electrons. The zero-order valence-electron chi connectivity index (χ0n) is 17.9. The zero-order chi connectivity index (χ0) is 23.0. The molecule has 5 nitrogen and oxygen atoms in total. The lowest BCUT2D eigenvalue weighted by molar-refractivity contribution is -0.119. The first-order valence-corrected chi connectivity index (χ1v) is 12.4.